The van der Waals surface area contributed by atoms with Crippen molar-refractivity contribution in [3.8, 4) is 0 Å². The summed E-state index contributed by atoms with van der Waals surface area (Å²) in [7, 11) is -3.04. The predicted molar refractivity (Wildman–Crippen MR) is 90.0 cm³/mol. The third kappa shape index (κ3) is 5.95. The lowest BCUT2D eigenvalue weighted by Gasteiger charge is -2.30. The Kier molecular flexibility index (Phi) is 6.71. The molecule has 0 heterocycles. The van der Waals surface area contributed by atoms with Gasteiger partial charge in [0.25, 0.3) is 0 Å². The van der Waals surface area contributed by atoms with E-state index in [1.54, 1.807) is 0 Å². The highest BCUT2D eigenvalue weighted by Gasteiger charge is 2.29. The average Bonchev–Trinajstić information content (AvgIpc) is 2.45. The van der Waals surface area contributed by atoms with Crippen LogP contribution in [0.1, 0.15) is 51.4 Å². The molecule has 0 spiro atoms. The lowest BCUT2D eigenvalue weighted by Crippen LogP contribution is -2.47. The molecule has 2 aliphatic carbocycles. The number of urea groups is 1. The zero-order valence-corrected chi connectivity index (χ0v) is 14.8. The van der Waals surface area contributed by atoms with E-state index in [1.165, 1.54) is 25.5 Å². The van der Waals surface area contributed by atoms with Crippen molar-refractivity contribution in [2.45, 2.75) is 62.7 Å². The monoisotopic (exact) mass is 346 g/mol. The topological polar surface area (TPSA) is 95.5 Å². The van der Waals surface area contributed by atoms with Gasteiger partial charge < -0.3 is 15.7 Å². The summed E-state index contributed by atoms with van der Waals surface area (Å²) < 4.78 is 23.3. The van der Waals surface area contributed by atoms with Crippen molar-refractivity contribution in [3.63, 3.8) is 0 Å². The third-order valence-electron chi connectivity index (χ3n) is 5.27. The van der Waals surface area contributed by atoms with E-state index in [9.17, 15) is 18.3 Å². The van der Waals surface area contributed by atoms with Crippen LogP contribution in [0.4, 0.5) is 4.79 Å². The van der Waals surface area contributed by atoms with E-state index < -0.39 is 9.84 Å². The largest absolute Gasteiger partial charge is 0.396 e. The van der Waals surface area contributed by atoms with Gasteiger partial charge in [0.2, 0.25) is 0 Å². The Morgan fingerprint density at radius 2 is 1.91 bits per heavy atom. The quantitative estimate of drug-likeness (QED) is 0.650. The fourth-order valence-corrected chi connectivity index (χ4v) is 4.74. The standard InChI is InChI=1S/C16H30N2O4S/c1-23(21,22)15-7-3-6-14(9-15)18-16(20)17-10-13(11-19)8-12-4-2-5-12/h12-15,19H,2-11H2,1H3,(H2,17,18,20). The van der Waals surface area contributed by atoms with Gasteiger partial charge >= 0.3 is 6.03 Å². The molecule has 2 rings (SSSR count). The molecule has 0 aromatic rings. The highest BCUT2D eigenvalue weighted by atomic mass is 32.2. The zero-order valence-electron chi connectivity index (χ0n) is 14.0. The van der Waals surface area contributed by atoms with Crippen molar-refractivity contribution in [1.29, 1.82) is 0 Å². The molecule has 3 N–H and O–H groups in total. The minimum Gasteiger partial charge on any atom is -0.396 e. The summed E-state index contributed by atoms with van der Waals surface area (Å²) in [6.07, 6.45) is 8.82. The molecule has 3 unspecified atom stereocenters. The van der Waals surface area contributed by atoms with Gasteiger partial charge in [-0.3, -0.25) is 0 Å². The van der Waals surface area contributed by atoms with Crippen LogP contribution in [0.25, 0.3) is 0 Å². The summed E-state index contributed by atoms with van der Waals surface area (Å²) in [5, 5.41) is 14.8. The van der Waals surface area contributed by atoms with E-state index in [-0.39, 0.29) is 29.8 Å². The van der Waals surface area contributed by atoms with Crippen LogP contribution in [0.15, 0.2) is 0 Å². The summed E-state index contributed by atoms with van der Waals surface area (Å²) in [4.78, 5) is 12.0. The number of nitrogens with one attached hydrogen (secondary N) is 2. The number of carbonyl (C=O) groups excluding carboxylic acids is 1. The Morgan fingerprint density at radius 1 is 1.22 bits per heavy atom. The summed E-state index contributed by atoms with van der Waals surface area (Å²) >= 11 is 0. The minimum atomic E-state index is -3.04. The first kappa shape index (κ1) is 18.5. The first-order chi connectivity index (χ1) is 10.9. The van der Waals surface area contributed by atoms with Gasteiger partial charge in [-0.25, -0.2) is 13.2 Å². The molecule has 3 atom stereocenters. The Morgan fingerprint density at radius 3 is 2.48 bits per heavy atom. The second kappa shape index (κ2) is 8.33. The van der Waals surface area contributed by atoms with Crippen LogP contribution in [0.5, 0.6) is 0 Å². The van der Waals surface area contributed by atoms with Gasteiger partial charge in [0, 0.05) is 25.4 Å². The zero-order chi connectivity index (χ0) is 16.9. The normalized spacial score (nSPS) is 27.0. The van der Waals surface area contributed by atoms with E-state index in [1.807, 2.05) is 0 Å². The SMILES string of the molecule is CS(=O)(=O)C1CCCC(NC(=O)NCC(CO)CC2CCC2)C1. The maximum atomic E-state index is 12.0. The van der Waals surface area contributed by atoms with Gasteiger partial charge in [0.05, 0.1) is 5.25 Å². The molecule has 0 radical (unpaired) electrons. The average molecular weight is 346 g/mol. The number of hydrogen-bond acceptors (Lipinski definition) is 4. The molecule has 0 aliphatic heterocycles. The fourth-order valence-electron chi connectivity index (χ4n) is 3.56. The van der Waals surface area contributed by atoms with E-state index in [2.05, 4.69) is 10.6 Å². The van der Waals surface area contributed by atoms with E-state index in [0.717, 1.165) is 19.3 Å². The summed E-state index contributed by atoms with van der Waals surface area (Å²) in [6.45, 7) is 0.567. The Labute approximate surface area is 139 Å². The minimum absolute atomic E-state index is 0.0808. The Balaban J connectivity index is 1.71. The van der Waals surface area contributed by atoms with Gasteiger partial charge in [-0.15, -0.1) is 0 Å². The second-order valence-electron chi connectivity index (χ2n) is 7.25. The second-order valence-corrected chi connectivity index (χ2v) is 9.58. The molecule has 0 bridgehead atoms. The molecule has 0 saturated heterocycles. The number of aliphatic hydroxyl groups is 1. The van der Waals surface area contributed by atoms with Crippen LogP contribution in [0.2, 0.25) is 0 Å². The fraction of sp³-hybridized carbons (Fsp3) is 0.938. The number of hydrogen-bond donors (Lipinski definition) is 3. The van der Waals surface area contributed by atoms with E-state index in [4.69, 9.17) is 0 Å². The maximum absolute atomic E-state index is 12.0. The van der Waals surface area contributed by atoms with Crippen LogP contribution in [0.3, 0.4) is 0 Å². The van der Waals surface area contributed by atoms with Crippen molar-refractivity contribution in [2.75, 3.05) is 19.4 Å². The lowest BCUT2D eigenvalue weighted by atomic mass is 9.79. The summed E-state index contributed by atoms with van der Waals surface area (Å²) in [6, 6.07) is -0.334. The van der Waals surface area contributed by atoms with Crippen LogP contribution >= 0.6 is 0 Å². The van der Waals surface area contributed by atoms with Crippen molar-refractivity contribution < 1.29 is 18.3 Å². The molecule has 2 saturated carbocycles. The number of aliphatic hydroxyl groups excluding tert-OH is 1. The Bertz CT molecular complexity index is 490. The predicted octanol–water partition coefficient (Wildman–Crippen LogP) is 1.44. The molecule has 7 heteroatoms. The number of rotatable bonds is 7. The van der Waals surface area contributed by atoms with Crippen LogP contribution in [-0.4, -0.2) is 50.3 Å². The first-order valence-corrected chi connectivity index (χ1v) is 10.7. The van der Waals surface area contributed by atoms with Crippen LogP contribution < -0.4 is 10.6 Å². The highest BCUT2D eigenvalue weighted by molar-refractivity contribution is 7.91. The molecule has 23 heavy (non-hydrogen) atoms. The number of sulfone groups is 1. The molecule has 2 amide bonds. The van der Waals surface area contributed by atoms with Gasteiger partial charge in [0.1, 0.15) is 9.84 Å². The van der Waals surface area contributed by atoms with E-state index in [0.29, 0.717) is 25.3 Å². The van der Waals surface area contributed by atoms with Gasteiger partial charge in [-0.05, 0) is 37.5 Å². The maximum Gasteiger partial charge on any atom is 0.315 e. The van der Waals surface area contributed by atoms with Gasteiger partial charge in [-0.2, -0.15) is 0 Å². The molecular weight excluding hydrogens is 316 g/mol. The number of carbonyl (C=O) groups is 1. The van der Waals surface area contributed by atoms with Crippen molar-refractivity contribution >= 4 is 15.9 Å². The third-order valence-corrected chi connectivity index (χ3v) is 6.91. The number of amides is 2. The first-order valence-electron chi connectivity index (χ1n) is 8.72. The van der Waals surface area contributed by atoms with Crippen molar-refractivity contribution in [3.05, 3.63) is 0 Å². The van der Waals surface area contributed by atoms with Crippen molar-refractivity contribution in [1.82, 2.24) is 10.6 Å². The summed E-state index contributed by atoms with van der Waals surface area (Å²) in [5.74, 6) is 0.812. The smallest absolute Gasteiger partial charge is 0.315 e. The lowest BCUT2D eigenvalue weighted by molar-refractivity contribution is 0.167. The molecule has 0 aromatic heterocycles. The van der Waals surface area contributed by atoms with Crippen LogP contribution in [-0.2, 0) is 9.84 Å². The molecule has 2 aliphatic rings. The highest BCUT2D eigenvalue weighted by Crippen LogP contribution is 2.32. The molecule has 2 fully saturated rings. The Hall–Kier alpha value is -0.820. The van der Waals surface area contributed by atoms with Gasteiger partial charge in [-0.1, -0.05) is 25.7 Å². The van der Waals surface area contributed by atoms with E-state index >= 15 is 0 Å². The molecule has 134 valence electrons. The van der Waals surface area contributed by atoms with Crippen molar-refractivity contribution in [2.24, 2.45) is 11.8 Å². The summed E-state index contributed by atoms with van der Waals surface area (Å²) in [5.41, 5.74) is 0. The van der Waals surface area contributed by atoms with Crippen LogP contribution in [0, 0.1) is 11.8 Å². The van der Waals surface area contributed by atoms with Gasteiger partial charge in [0.15, 0.2) is 0 Å². The molecular formula is C16H30N2O4S. The molecule has 0 aromatic carbocycles. The molecule has 6 nitrogen and oxygen atoms in total.